The van der Waals surface area contributed by atoms with E-state index in [1.165, 1.54) is 0 Å². The minimum atomic E-state index is -0.317. The third-order valence-electron chi connectivity index (χ3n) is 4.31. The number of hydrogen-bond donors (Lipinski definition) is 3. The van der Waals surface area contributed by atoms with Crippen molar-refractivity contribution in [2.24, 2.45) is 0 Å². The van der Waals surface area contributed by atoms with Crippen molar-refractivity contribution in [3.8, 4) is 0 Å². The van der Waals surface area contributed by atoms with Crippen LogP contribution in [0.5, 0.6) is 0 Å². The fourth-order valence-electron chi connectivity index (χ4n) is 2.85. The van der Waals surface area contributed by atoms with Crippen LogP contribution in [-0.2, 0) is 0 Å². The molecule has 7 nitrogen and oxygen atoms in total. The van der Waals surface area contributed by atoms with Crippen LogP contribution in [0, 0.1) is 13.8 Å². The number of rotatable bonds is 7. The van der Waals surface area contributed by atoms with Gasteiger partial charge in [-0.3, -0.25) is 14.9 Å². The number of aromatic nitrogens is 2. The monoisotopic (exact) mass is 403 g/mol. The van der Waals surface area contributed by atoms with Gasteiger partial charge in [-0.05, 0) is 44.5 Å². The van der Waals surface area contributed by atoms with Crippen LogP contribution in [0.3, 0.4) is 0 Å². The van der Waals surface area contributed by atoms with Gasteiger partial charge in [0.25, 0.3) is 11.8 Å². The molecular formula is C23H25N5O2. The van der Waals surface area contributed by atoms with Gasteiger partial charge in [-0.25, -0.2) is 0 Å². The molecule has 0 unspecified atom stereocenters. The second kappa shape index (κ2) is 9.65. The largest absolute Gasteiger partial charge is 0.370 e. The number of carbonyl (C=O) groups excluding carboxylic acids is 2. The molecule has 7 heteroatoms. The second-order valence-corrected chi connectivity index (χ2v) is 7.04. The molecule has 0 aliphatic rings. The number of carbonyl (C=O) groups is 2. The van der Waals surface area contributed by atoms with Crippen molar-refractivity contribution in [1.29, 1.82) is 0 Å². The molecule has 0 saturated carbocycles. The summed E-state index contributed by atoms with van der Waals surface area (Å²) in [5.74, 6) is 0.333. The molecule has 0 fully saturated rings. The van der Waals surface area contributed by atoms with Crippen LogP contribution in [0.25, 0.3) is 0 Å². The van der Waals surface area contributed by atoms with Crippen LogP contribution >= 0.6 is 0 Å². The van der Waals surface area contributed by atoms with Gasteiger partial charge >= 0.3 is 0 Å². The highest BCUT2D eigenvalue weighted by atomic mass is 16.2. The average molecular weight is 403 g/mol. The molecule has 0 saturated heterocycles. The van der Waals surface area contributed by atoms with Crippen molar-refractivity contribution < 1.29 is 9.59 Å². The lowest BCUT2D eigenvalue weighted by Gasteiger charge is -2.11. The minimum Gasteiger partial charge on any atom is -0.370 e. The number of hydrogen-bond acceptors (Lipinski definition) is 5. The highest BCUT2D eigenvalue weighted by molar-refractivity contribution is 6.05. The molecule has 1 aromatic heterocycles. The van der Waals surface area contributed by atoms with E-state index in [0.29, 0.717) is 29.3 Å². The van der Waals surface area contributed by atoms with E-state index in [1.54, 1.807) is 30.3 Å². The summed E-state index contributed by atoms with van der Waals surface area (Å²) in [6.07, 6.45) is 0.903. The van der Waals surface area contributed by atoms with Gasteiger partial charge in [0.15, 0.2) is 0 Å². The summed E-state index contributed by atoms with van der Waals surface area (Å²) in [7, 11) is 0. The molecule has 2 aromatic carbocycles. The molecule has 0 spiro atoms. The Balaban J connectivity index is 1.84. The first-order valence-electron chi connectivity index (χ1n) is 9.83. The lowest BCUT2D eigenvalue weighted by atomic mass is 10.1. The molecule has 3 N–H and O–H groups in total. The SMILES string of the molecule is CCCNc1cc(NC(=O)c2cccc(C)c2)nc(NC(=O)c2cccc(C)c2)n1. The van der Waals surface area contributed by atoms with Gasteiger partial charge in [0.05, 0.1) is 0 Å². The van der Waals surface area contributed by atoms with Crippen LogP contribution in [-0.4, -0.2) is 28.3 Å². The standard InChI is InChI=1S/C23H25N5O2/c1-4-11-24-19-14-20(25-21(29)17-9-5-7-15(2)12-17)27-23(26-19)28-22(30)18-10-6-8-16(3)13-18/h5-10,12-14H,4,11H2,1-3H3,(H3,24,25,26,27,28,29,30). The van der Waals surface area contributed by atoms with Gasteiger partial charge in [-0.15, -0.1) is 0 Å². The van der Waals surface area contributed by atoms with Crippen molar-refractivity contribution in [1.82, 2.24) is 9.97 Å². The zero-order chi connectivity index (χ0) is 21.5. The van der Waals surface area contributed by atoms with E-state index < -0.39 is 0 Å². The van der Waals surface area contributed by atoms with Gasteiger partial charge in [0.1, 0.15) is 11.6 Å². The number of aryl methyl sites for hydroxylation is 2. The van der Waals surface area contributed by atoms with Crippen LogP contribution in [0.2, 0.25) is 0 Å². The highest BCUT2D eigenvalue weighted by Crippen LogP contribution is 2.17. The summed E-state index contributed by atoms with van der Waals surface area (Å²) in [4.78, 5) is 33.8. The molecule has 0 atom stereocenters. The summed E-state index contributed by atoms with van der Waals surface area (Å²) in [6.45, 7) is 6.58. The van der Waals surface area contributed by atoms with Crippen molar-refractivity contribution in [2.75, 3.05) is 22.5 Å². The Morgan fingerprint density at radius 2 is 1.37 bits per heavy atom. The van der Waals surface area contributed by atoms with Crippen molar-refractivity contribution in [3.05, 3.63) is 76.9 Å². The zero-order valence-corrected chi connectivity index (χ0v) is 17.3. The fraction of sp³-hybridized carbons (Fsp3) is 0.217. The summed E-state index contributed by atoms with van der Waals surface area (Å²) < 4.78 is 0. The number of benzene rings is 2. The molecule has 154 valence electrons. The molecule has 3 rings (SSSR count). The third kappa shape index (κ3) is 5.64. The van der Waals surface area contributed by atoms with Crippen molar-refractivity contribution >= 4 is 29.4 Å². The predicted octanol–water partition coefficient (Wildman–Crippen LogP) is 4.42. The summed E-state index contributed by atoms with van der Waals surface area (Å²) in [5.41, 5.74) is 3.01. The van der Waals surface area contributed by atoms with E-state index in [1.807, 2.05) is 45.0 Å². The van der Waals surface area contributed by atoms with E-state index >= 15 is 0 Å². The average Bonchev–Trinajstić information content (AvgIpc) is 2.72. The topological polar surface area (TPSA) is 96.0 Å². The Morgan fingerprint density at radius 3 is 1.93 bits per heavy atom. The molecule has 0 bridgehead atoms. The number of amides is 2. The lowest BCUT2D eigenvalue weighted by molar-refractivity contribution is 0.101. The van der Waals surface area contributed by atoms with E-state index in [4.69, 9.17) is 0 Å². The smallest absolute Gasteiger partial charge is 0.258 e. The Labute approximate surface area is 176 Å². The predicted molar refractivity (Wildman–Crippen MR) is 119 cm³/mol. The van der Waals surface area contributed by atoms with Crippen LogP contribution in [0.4, 0.5) is 17.6 Å². The first kappa shape index (κ1) is 21.0. The molecule has 0 radical (unpaired) electrons. The molecule has 0 aliphatic heterocycles. The summed E-state index contributed by atoms with van der Waals surface area (Å²) >= 11 is 0. The zero-order valence-electron chi connectivity index (χ0n) is 17.3. The second-order valence-electron chi connectivity index (χ2n) is 7.04. The lowest BCUT2D eigenvalue weighted by Crippen LogP contribution is -2.18. The van der Waals surface area contributed by atoms with Gasteiger partial charge in [-0.2, -0.15) is 9.97 Å². The Hall–Kier alpha value is -3.74. The van der Waals surface area contributed by atoms with E-state index in [0.717, 1.165) is 17.5 Å². The molecule has 2 amide bonds. The van der Waals surface area contributed by atoms with Crippen LogP contribution in [0.1, 0.15) is 45.2 Å². The van der Waals surface area contributed by atoms with Crippen LogP contribution < -0.4 is 16.0 Å². The quantitative estimate of drug-likeness (QED) is 0.543. The van der Waals surface area contributed by atoms with Crippen LogP contribution in [0.15, 0.2) is 54.6 Å². The molecule has 3 aromatic rings. The first-order valence-corrected chi connectivity index (χ1v) is 9.83. The number of anilines is 3. The molecule has 1 heterocycles. The maximum Gasteiger partial charge on any atom is 0.258 e. The molecular weight excluding hydrogens is 378 g/mol. The van der Waals surface area contributed by atoms with E-state index in [2.05, 4.69) is 25.9 Å². The Kier molecular flexibility index (Phi) is 6.75. The fourth-order valence-corrected chi connectivity index (χ4v) is 2.85. The summed E-state index contributed by atoms with van der Waals surface area (Å²) in [5, 5.41) is 8.66. The van der Waals surface area contributed by atoms with Gasteiger partial charge in [-0.1, -0.05) is 42.3 Å². The number of nitrogens with one attached hydrogen (secondary N) is 3. The van der Waals surface area contributed by atoms with E-state index in [9.17, 15) is 9.59 Å². The molecule has 0 aliphatic carbocycles. The maximum atomic E-state index is 12.6. The molecule has 30 heavy (non-hydrogen) atoms. The normalized spacial score (nSPS) is 10.4. The highest BCUT2D eigenvalue weighted by Gasteiger charge is 2.13. The Bertz CT molecular complexity index is 987. The van der Waals surface area contributed by atoms with E-state index in [-0.39, 0.29) is 17.8 Å². The first-order chi connectivity index (χ1) is 14.4. The maximum absolute atomic E-state index is 12.6. The van der Waals surface area contributed by atoms with Crippen molar-refractivity contribution in [2.45, 2.75) is 27.2 Å². The minimum absolute atomic E-state index is 0.113. The third-order valence-corrected chi connectivity index (χ3v) is 4.31. The van der Waals surface area contributed by atoms with Gasteiger partial charge in [0.2, 0.25) is 5.95 Å². The number of nitrogens with zero attached hydrogens (tertiary/aromatic N) is 2. The summed E-state index contributed by atoms with van der Waals surface area (Å²) in [6, 6.07) is 16.2. The van der Waals surface area contributed by atoms with Gasteiger partial charge in [0, 0.05) is 23.7 Å². The van der Waals surface area contributed by atoms with Gasteiger partial charge < -0.3 is 10.6 Å². The Morgan fingerprint density at radius 1 is 0.800 bits per heavy atom. The van der Waals surface area contributed by atoms with Crippen molar-refractivity contribution in [3.63, 3.8) is 0 Å².